The maximum absolute atomic E-state index is 12.9. The molecule has 0 N–H and O–H groups in total. The lowest BCUT2D eigenvalue weighted by molar-refractivity contribution is 0.0774. The monoisotopic (exact) mass is 369 g/mol. The van der Waals surface area contributed by atoms with Crippen molar-refractivity contribution in [3.05, 3.63) is 46.6 Å². The standard InChI is InChI=1S/C22H31N3O2/c1-5-6-7-20-23-22(27-24-20)17(4)25-12-10-18(11-13-25)21(26)19-9-8-15(2)14-16(19)3/h8-9,14,17-18H,5-7,10-13H2,1-4H3/t17-/m1/s1. The molecule has 0 amide bonds. The van der Waals surface area contributed by atoms with E-state index >= 15 is 0 Å². The third-order valence-corrected chi connectivity index (χ3v) is 5.69. The van der Waals surface area contributed by atoms with Crippen molar-refractivity contribution >= 4 is 5.78 Å². The number of benzene rings is 1. The molecule has 0 spiro atoms. The number of rotatable bonds is 7. The van der Waals surface area contributed by atoms with E-state index in [1.54, 1.807) is 0 Å². The van der Waals surface area contributed by atoms with Gasteiger partial charge in [0.15, 0.2) is 11.6 Å². The molecule has 1 aromatic heterocycles. The highest BCUT2D eigenvalue weighted by Crippen LogP contribution is 2.28. The first-order valence-corrected chi connectivity index (χ1v) is 10.2. The van der Waals surface area contributed by atoms with Crippen LogP contribution in [0.2, 0.25) is 0 Å². The van der Waals surface area contributed by atoms with Gasteiger partial charge in [-0.1, -0.05) is 42.3 Å². The average Bonchev–Trinajstić information content (AvgIpc) is 3.14. The topological polar surface area (TPSA) is 59.2 Å². The van der Waals surface area contributed by atoms with Crippen LogP contribution in [-0.4, -0.2) is 33.9 Å². The van der Waals surface area contributed by atoms with E-state index < -0.39 is 0 Å². The Hall–Kier alpha value is -2.01. The molecule has 146 valence electrons. The van der Waals surface area contributed by atoms with Crippen molar-refractivity contribution in [2.75, 3.05) is 13.1 Å². The van der Waals surface area contributed by atoms with E-state index in [0.29, 0.717) is 11.7 Å². The van der Waals surface area contributed by atoms with E-state index in [9.17, 15) is 4.79 Å². The number of carbonyl (C=O) groups is 1. The van der Waals surface area contributed by atoms with Crippen molar-refractivity contribution in [3.8, 4) is 0 Å². The van der Waals surface area contributed by atoms with Crippen LogP contribution in [0.15, 0.2) is 22.7 Å². The first kappa shape index (κ1) is 19.7. The predicted octanol–water partition coefficient (Wildman–Crippen LogP) is 4.68. The van der Waals surface area contributed by atoms with Crippen LogP contribution >= 0.6 is 0 Å². The summed E-state index contributed by atoms with van der Waals surface area (Å²) < 4.78 is 5.48. The number of hydrogen-bond acceptors (Lipinski definition) is 5. The first-order chi connectivity index (χ1) is 13.0. The molecule has 2 aromatic rings. The molecule has 0 unspecified atom stereocenters. The third kappa shape index (κ3) is 4.64. The number of ketones is 1. The lowest BCUT2D eigenvalue weighted by Crippen LogP contribution is -2.38. The van der Waals surface area contributed by atoms with Crippen LogP contribution in [0.25, 0.3) is 0 Å². The minimum absolute atomic E-state index is 0.102. The van der Waals surface area contributed by atoms with E-state index in [2.05, 4.69) is 41.9 Å². The number of nitrogens with zero attached hydrogens (tertiary/aromatic N) is 3. The summed E-state index contributed by atoms with van der Waals surface area (Å²) in [6.45, 7) is 10.1. The lowest BCUT2D eigenvalue weighted by Gasteiger charge is -2.34. The molecular formula is C22H31N3O2. The highest BCUT2D eigenvalue weighted by molar-refractivity contribution is 5.99. The van der Waals surface area contributed by atoms with Gasteiger partial charge in [-0.25, -0.2) is 0 Å². The quantitative estimate of drug-likeness (QED) is 0.663. The first-order valence-electron chi connectivity index (χ1n) is 10.2. The van der Waals surface area contributed by atoms with E-state index in [4.69, 9.17) is 4.52 Å². The Bertz CT molecular complexity index is 776. The molecule has 1 atom stereocenters. The molecule has 1 saturated heterocycles. The van der Waals surface area contributed by atoms with E-state index in [0.717, 1.165) is 62.1 Å². The largest absolute Gasteiger partial charge is 0.338 e. The molecule has 0 saturated carbocycles. The Labute approximate surface area is 162 Å². The second kappa shape index (κ2) is 8.79. The Balaban J connectivity index is 1.58. The highest BCUT2D eigenvalue weighted by atomic mass is 16.5. The maximum Gasteiger partial charge on any atom is 0.243 e. The van der Waals surface area contributed by atoms with Crippen molar-refractivity contribution in [1.82, 2.24) is 15.0 Å². The van der Waals surface area contributed by atoms with Gasteiger partial charge < -0.3 is 4.52 Å². The van der Waals surface area contributed by atoms with Gasteiger partial charge in [0, 0.05) is 17.9 Å². The molecule has 1 aromatic carbocycles. The fourth-order valence-corrected chi connectivity index (χ4v) is 3.89. The molecule has 0 radical (unpaired) electrons. The van der Waals surface area contributed by atoms with Gasteiger partial charge in [0.25, 0.3) is 0 Å². The van der Waals surface area contributed by atoms with E-state index in [1.807, 2.05) is 19.1 Å². The molecule has 0 aliphatic carbocycles. The molecule has 1 fully saturated rings. The van der Waals surface area contributed by atoms with Gasteiger partial charge in [-0.2, -0.15) is 4.98 Å². The number of likely N-dealkylation sites (tertiary alicyclic amines) is 1. The molecule has 1 aliphatic heterocycles. The summed E-state index contributed by atoms with van der Waals surface area (Å²) in [5, 5.41) is 4.10. The van der Waals surface area contributed by atoms with Gasteiger partial charge in [0.2, 0.25) is 5.89 Å². The highest BCUT2D eigenvalue weighted by Gasteiger charge is 2.30. The van der Waals surface area contributed by atoms with Gasteiger partial charge >= 0.3 is 0 Å². The van der Waals surface area contributed by atoms with E-state index in [-0.39, 0.29) is 12.0 Å². The second-order valence-corrected chi connectivity index (χ2v) is 7.82. The Kier molecular flexibility index (Phi) is 6.42. The smallest absolute Gasteiger partial charge is 0.243 e. The van der Waals surface area contributed by atoms with Crippen LogP contribution in [0, 0.1) is 19.8 Å². The number of piperidine rings is 1. The summed E-state index contributed by atoms with van der Waals surface area (Å²) in [6, 6.07) is 6.21. The zero-order chi connectivity index (χ0) is 19.4. The third-order valence-electron chi connectivity index (χ3n) is 5.69. The van der Waals surface area contributed by atoms with Crippen LogP contribution in [0.5, 0.6) is 0 Å². The number of hydrogen-bond donors (Lipinski definition) is 0. The van der Waals surface area contributed by atoms with Crippen LogP contribution in [-0.2, 0) is 6.42 Å². The molecule has 5 heteroatoms. The summed E-state index contributed by atoms with van der Waals surface area (Å²) in [4.78, 5) is 19.8. The van der Waals surface area contributed by atoms with E-state index in [1.165, 1.54) is 5.56 Å². The molecular weight excluding hydrogens is 338 g/mol. The fraction of sp³-hybridized carbons (Fsp3) is 0.591. The summed E-state index contributed by atoms with van der Waals surface area (Å²) in [5.41, 5.74) is 3.16. The van der Waals surface area contributed by atoms with Crippen molar-refractivity contribution in [3.63, 3.8) is 0 Å². The average molecular weight is 370 g/mol. The Morgan fingerprint density at radius 1 is 1.30 bits per heavy atom. The van der Waals surface area contributed by atoms with Crippen LogP contribution in [0.4, 0.5) is 0 Å². The summed E-state index contributed by atoms with van der Waals surface area (Å²) in [6.07, 6.45) is 4.85. The van der Waals surface area contributed by atoms with Gasteiger partial charge in [-0.15, -0.1) is 0 Å². The molecule has 3 rings (SSSR count). The summed E-state index contributed by atoms with van der Waals surface area (Å²) >= 11 is 0. The Morgan fingerprint density at radius 3 is 2.70 bits per heavy atom. The van der Waals surface area contributed by atoms with Crippen molar-refractivity contribution < 1.29 is 9.32 Å². The molecule has 5 nitrogen and oxygen atoms in total. The van der Waals surface area contributed by atoms with Gasteiger partial charge in [-0.05, 0) is 58.7 Å². The van der Waals surface area contributed by atoms with Gasteiger partial charge in [-0.3, -0.25) is 9.69 Å². The second-order valence-electron chi connectivity index (χ2n) is 7.82. The molecule has 1 aliphatic rings. The lowest BCUT2D eigenvalue weighted by atomic mass is 9.86. The number of Topliss-reactive ketones (excluding diaryl/α,β-unsaturated/α-hetero) is 1. The van der Waals surface area contributed by atoms with Gasteiger partial charge in [0.1, 0.15) is 0 Å². The number of carbonyl (C=O) groups excluding carboxylic acids is 1. The zero-order valence-electron chi connectivity index (χ0n) is 17.0. The summed E-state index contributed by atoms with van der Waals surface area (Å²) in [5.74, 6) is 1.90. The summed E-state index contributed by atoms with van der Waals surface area (Å²) in [7, 11) is 0. The maximum atomic E-state index is 12.9. The number of aromatic nitrogens is 2. The molecule has 0 bridgehead atoms. The van der Waals surface area contributed by atoms with Crippen molar-refractivity contribution in [1.29, 1.82) is 0 Å². The van der Waals surface area contributed by atoms with Crippen molar-refractivity contribution in [2.24, 2.45) is 5.92 Å². The number of unbranched alkanes of at least 4 members (excludes halogenated alkanes) is 1. The van der Waals surface area contributed by atoms with Crippen LogP contribution in [0.1, 0.15) is 78.8 Å². The minimum atomic E-state index is 0.102. The van der Waals surface area contributed by atoms with Crippen LogP contribution < -0.4 is 0 Å². The Morgan fingerprint density at radius 2 is 2.04 bits per heavy atom. The van der Waals surface area contributed by atoms with Crippen LogP contribution in [0.3, 0.4) is 0 Å². The number of aryl methyl sites for hydroxylation is 3. The molecule has 2 heterocycles. The minimum Gasteiger partial charge on any atom is -0.338 e. The normalized spacial score (nSPS) is 17.2. The van der Waals surface area contributed by atoms with Gasteiger partial charge in [0.05, 0.1) is 6.04 Å². The SMILES string of the molecule is CCCCc1noc([C@@H](C)N2CCC(C(=O)c3ccc(C)cc3C)CC2)n1. The van der Waals surface area contributed by atoms with Crippen molar-refractivity contribution in [2.45, 2.75) is 65.8 Å². The molecule has 27 heavy (non-hydrogen) atoms. The predicted molar refractivity (Wildman–Crippen MR) is 106 cm³/mol. The zero-order valence-corrected chi connectivity index (χ0v) is 17.0. The fourth-order valence-electron chi connectivity index (χ4n) is 3.89.